The van der Waals surface area contributed by atoms with Crippen molar-refractivity contribution in [2.45, 2.75) is 19.1 Å². The number of nitrogens with zero attached hydrogens (tertiary/aromatic N) is 1. The Morgan fingerprint density at radius 2 is 2.00 bits per heavy atom. The number of nitrogens with one attached hydrogen (secondary N) is 1. The Morgan fingerprint density at radius 3 is 2.56 bits per heavy atom. The third-order valence-corrected chi connectivity index (χ3v) is 3.75. The predicted octanol–water partition coefficient (Wildman–Crippen LogP) is 2.56. The number of para-hydroxylation sites is 1. The van der Waals surface area contributed by atoms with Crippen LogP contribution in [0.1, 0.15) is 13.8 Å². The van der Waals surface area contributed by atoms with Crippen molar-refractivity contribution in [2.75, 3.05) is 0 Å². The highest BCUT2D eigenvalue weighted by Crippen LogP contribution is 2.27. The molecule has 1 aromatic carbocycles. The Kier molecular flexibility index (Phi) is 3.29. The highest BCUT2D eigenvalue weighted by atomic mass is 32.2. The average Bonchev–Trinajstić information content (AvgIpc) is 2.61. The molecule has 1 amide bonds. The molecule has 0 spiro atoms. The third kappa shape index (κ3) is 2.44. The zero-order chi connectivity index (χ0) is 11.5. The van der Waals surface area contributed by atoms with Crippen LogP contribution in [0.5, 0.6) is 0 Å². The highest BCUT2D eigenvalue weighted by Gasteiger charge is 2.32. The van der Waals surface area contributed by atoms with Gasteiger partial charge >= 0.3 is 0 Å². The first-order valence-corrected chi connectivity index (χ1v) is 6.16. The molecule has 1 saturated heterocycles. The van der Waals surface area contributed by atoms with Crippen LogP contribution in [0.25, 0.3) is 0 Å². The van der Waals surface area contributed by atoms with Gasteiger partial charge in [-0.3, -0.25) is 4.79 Å². The zero-order valence-corrected chi connectivity index (χ0v) is 10.1. The van der Waals surface area contributed by atoms with Gasteiger partial charge in [-0.05, 0) is 18.1 Å². The second-order valence-electron chi connectivity index (χ2n) is 4.02. The minimum absolute atomic E-state index is 0.0116. The molecular formula is C12H14N2OS. The zero-order valence-electron chi connectivity index (χ0n) is 9.31. The molecule has 0 bridgehead atoms. The number of benzene rings is 1. The van der Waals surface area contributed by atoms with E-state index in [-0.39, 0.29) is 11.2 Å². The lowest BCUT2D eigenvalue weighted by molar-refractivity contribution is -0.119. The molecule has 1 atom stereocenters. The van der Waals surface area contributed by atoms with Gasteiger partial charge in [0.25, 0.3) is 0 Å². The summed E-state index contributed by atoms with van der Waals surface area (Å²) in [6, 6.07) is 9.65. The largest absolute Gasteiger partial charge is 0.304 e. The van der Waals surface area contributed by atoms with Crippen molar-refractivity contribution < 1.29 is 4.79 Å². The molecule has 16 heavy (non-hydrogen) atoms. The summed E-state index contributed by atoms with van der Waals surface area (Å²) in [6.45, 7) is 4.09. The van der Waals surface area contributed by atoms with Crippen LogP contribution in [0, 0.1) is 5.92 Å². The van der Waals surface area contributed by atoms with E-state index >= 15 is 0 Å². The third-order valence-electron chi connectivity index (χ3n) is 2.32. The van der Waals surface area contributed by atoms with Crippen molar-refractivity contribution in [3.05, 3.63) is 30.3 Å². The Hall–Kier alpha value is -1.29. The summed E-state index contributed by atoms with van der Waals surface area (Å²) in [4.78, 5) is 16.0. The van der Waals surface area contributed by atoms with E-state index in [1.807, 2.05) is 44.2 Å². The minimum atomic E-state index is -0.0116. The number of thioether (sulfide) groups is 1. The van der Waals surface area contributed by atoms with E-state index in [9.17, 15) is 4.79 Å². The maximum Gasteiger partial charge on any atom is 0.239 e. The molecule has 0 unspecified atom stereocenters. The van der Waals surface area contributed by atoms with Crippen molar-refractivity contribution in [1.82, 2.24) is 5.32 Å². The van der Waals surface area contributed by atoms with Crippen molar-refractivity contribution in [2.24, 2.45) is 10.9 Å². The van der Waals surface area contributed by atoms with E-state index in [1.165, 1.54) is 11.8 Å². The predicted molar refractivity (Wildman–Crippen MR) is 67.9 cm³/mol. The van der Waals surface area contributed by atoms with Crippen molar-refractivity contribution in [3.8, 4) is 0 Å². The standard InChI is InChI=1S/C12H14N2OS/c1-8(2)10-11(15)14-12(16-10)13-9-6-4-3-5-7-9/h3-8,10H,1-2H3,(H,13,14,15)/t10-/m0/s1. The van der Waals surface area contributed by atoms with Gasteiger partial charge in [0.15, 0.2) is 5.17 Å². The van der Waals surface area contributed by atoms with Crippen molar-refractivity contribution >= 4 is 28.5 Å². The average molecular weight is 234 g/mol. The van der Waals surface area contributed by atoms with Crippen molar-refractivity contribution in [1.29, 1.82) is 0 Å². The highest BCUT2D eigenvalue weighted by molar-refractivity contribution is 8.15. The lowest BCUT2D eigenvalue weighted by Gasteiger charge is -2.07. The summed E-state index contributed by atoms with van der Waals surface area (Å²) < 4.78 is 0. The quantitative estimate of drug-likeness (QED) is 0.854. The molecule has 1 N–H and O–H groups in total. The number of aliphatic imine (C=N–C) groups is 1. The number of amidine groups is 1. The number of rotatable bonds is 2. The minimum Gasteiger partial charge on any atom is -0.304 e. The molecular weight excluding hydrogens is 220 g/mol. The molecule has 1 fully saturated rings. The van der Waals surface area contributed by atoms with Crippen LogP contribution in [-0.4, -0.2) is 16.3 Å². The Balaban J connectivity index is 2.14. The number of carbonyl (C=O) groups is 1. The number of hydrogen-bond donors (Lipinski definition) is 1. The monoisotopic (exact) mass is 234 g/mol. The fraction of sp³-hybridized carbons (Fsp3) is 0.333. The smallest absolute Gasteiger partial charge is 0.239 e. The van der Waals surface area contributed by atoms with Crippen molar-refractivity contribution in [3.63, 3.8) is 0 Å². The van der Waals surface area contributed by atoms with Gasteiger partial charge < -0.3 is 5.32 Å². The topological polar surface area (TPSA) is 41.5 Å². The van der Waals surface area contributed by atoms with Crippen LogP contribution in [-0.2, 0) is 4.79 Å². The van der Waals surface area contributed by atoms with Gasteiger partial charge in [0, 0.05) is 0 Å². The molecule has 1 heterocycles. The Bertz CT molecular complexity index is 414. The van der Waals surface area contributed by atoms with Crippen LogP contribution in [0.4, 0.5) is 5.69 Å². The van der Waals surface area contributed by atoms with Gasteiger partial charge in [0.1, 0.15) is 0 Å². The molecule has 0 radical (unpaired) electrons. The van der Waals surface area contributed by atoms with Crippen LogP contribution in [0.3, 0.4) is 0 Å². The number of hydrogen-bond acceptors (Lipinski definition) is 3. The number of amides is 1. The molecule has 2 rings (SSSR count). The fourth-order valence-electron chi connectivity index (χ4n) is 1.49. The summed E-state index contributed by atoms with van der Waals surface area (Å²) in [7, 11) is 0. The first kappa shape index (κ1) is 11.2. The molecule has 1 aliphatic rings. The van der Waals surface area contributed by atoms with E-state index in [2.05, 4.69) is 10.3 Å². The van der Waals surface area contributed by atoms with Crippen LogP contribution < -0.4 is 5.32 Å². The molecule has 1 aliphatic heterocycles. The van der Waals surface area contributed by atoms with Gasteiger partial charge in [-0.2, -0.15) is 0 Å². The first-order chi connectivity index (χ1) is 7.66. The summed E-state index contributed by atoms with van der Waals surface area (Å²) in [6.07, 6.45) is 0. The lowest BCUT2D eigenvalue weighted by Crippen LogP contribution is -2.27. The second-order valence-corrected chi connectivity index (χ2v) is 5.15. The SMILES string of the molecule is CC(C)[C@@H]1SC(=Nc2ccccc2)NC1=O. The van der Waals surface area contributed by atoms with Gasteiger partial charge in [-0.25, -0.2) is 4.99 Å². The number of carbonyl (C=O) groups excluding carboxylic acids is 1. The van der Waals surface area contributed by atoms with Gasteiger partial charge in [0.05, 0.1) is 10.9 Å². The Morgan fingerprint density at radius 1 is 1.31 bits per heavy atom. The second kappa shape index (κ2) is 4.70. The van der Waals surface area contributed by atoms with Crippen LogP contribution >= 0.6 is 11.8 Å². The maximum absolute atomic E-state index is 11.6. The van der Waals surface area contributed by atoms with E-state index in [1.54, 1.807) is 0 Å². The molecule has 3 nitrogen and oxygen atoms in total. The maximum atomic E-state index is 11.6. The lowest BCUT2D eigenvalue weighted by atomic mass is 10.1. The van der Waals surface area contributed by atoms with Gasteiger partial charge in [-0.1, -0.05) is 43.8 Å². The normalized spacial score (nSPS) is 22.8. The molecule has 84 valence electrons. The van der Waals surface area contributed by atoms with Gasteiger partial charge in [-0.15, -0.1) is 0 Å². The molecule has 4 heteroatoms. The summed E-state index contributed by atoms with van der Waals surface area (Å²) in [5.41, 5.74) is 0.870. The van der Waals surface area contributed by atoms with E-state index in [4.69, 9.17) is 0 Å². The van der Waals surface area contributed by atoms with Crippen LogP contribution in [0.15, 0.2) is 35.3 Å². The molecule has 0 aromatic heterocycles. The van der Waals surface area contributed by atoms with E-state index < -0.39 is 0 Å². The van der Waals surface area contributed by atoms with E-state index in [0.717, 1.165) is 5.69 Å². The fourth-order valence-corrected chi connectivity index (χ4v) is 2.49. The van der Waals surface area contributed by atoms with Gasteiger partial charge in [0.2, 0.25) is 5.91 Å². The molecule has 0 aliphatic carbocycles. The summed E-state index contributed by atoms with van der Waals surface area (Å²) in [5.74, 6) is 0.392. The Labute approximate surface area is 99.3 Å². The van der Waals surface area contributed by atoms with Crippen LogP contribution in [0.2, 0.25) is 0 Å². The molecule has 0 saturated carbocycles. The summed E-state index contributed by atoms with van der Waals surface area (Å²) >= 11 is 1.51. The summed E-state index contributed by atoms with van der Waals surface area (Å²) in [5, 5.41) is 3.50. The van der Waals surface area contributed by atoms with E-state index in [0.29, 0.717) is 11.1 Å². The molecule has 1 aromatic rings. The first-order valence-electron chi connectivity index (χ1n) is 5.28.